The Kier molecular flexibility index (Phi) is 5.52. The molecule has 0 aliphatic carbocycles. The summed E-state index contributed by atoms with van der Waals surface area (Å²) in [5, 5.41) is 2.47. The molecule has 0 bridgehead atoms. The molecule has 8 nitrogen and oxygen atoms in total. The first kappa shape index (κ1) is 14.7. The van der Waals surface area contributed by atoms with Crippen molar-refractivity contribution in [3.8, 4) is 0 Å². The lowest BCUT2D eigenvalue weighted by molar-refractivity contribution is -0.143. The standard InChI is InChI=1S/C11H15N3O5/c1-2-19-8(15)4-3-5-12-9(16)7-6-13-11(18)14-10(7)17/h6H,2-5H2,1H3,(H,12,16)(H2,13,14,17,18). The van der Waals surface area contributed by atoms with Gasteiger partial charge in [0, 0.05) is 19.2 Å². The summed E-state index contributed by atoms with van der Waals surface area (Å²) < 4.78 is 4.72. The second-order valence-corrected chi connectivity index (χ2v) is 3.65. The largest absolute Gasteiger partial charge is 0.466 e. The first-order chi connectivity index (χ1) is 9.04. The highest BCUT2D eigenvalue weighted by Crippen LogP contribution is 1.92. The molecular formula is C11H15N3O5. The fourth-order valence-corrected chi connectivity index (χ4v) is 1.34. The Morgan fingerprint density at radius 3 is 2.74 bits per heavy atom. The van der Waals surface area contributed by atoms with Crippen molar-refractivity contribution in [2.24, 2.45) is 0 Å². The van der Waals surface area contributed by atoms with E-state index in [0.717, 1.165) is 6.20 Å². The number of carbonyl (C=O) groups excluding carboxylic acids is 2. The number of rotatable bonds is 6. The maximum absolute atomic E-state index is 11.6. The maximum Gasteiger partial charge on any atom is 0.325 e. The molecule has 0 unspecified atom stereocenters. The van der Waals surface area contributed by atoms with Crippen LogP contribution < -0.4 is 16.6 Å². The minimum Gasteiger partial charge on any atom is -0.466 e. The first-order valence-electron chi connectivity index (χ1n) is 5.80. The number of amides is 1. The molecule has 0 fully saturated rings. The van der Waals surface area contributed by atoms with Gasteiger partial charge in [-0.1, -0.05) is 0 Å². The van der Waals surface area contributed by atoms with Crippen molar-refractivity contribution < 1.29 is 14.3 Å². The van der Waals surface area contributed by atoms with E-state index in [-0.39, 0.29) is 24.5 Å². The van der Waals surface area contributed by atoms with E-state index < -0.39 is 17.2 Å². The van der Waals surface area contributed by atoms with Crippen molar-refractivity contribution in [3.63, 3.8) is 0 Å². The summed E-state index contributed by atoms with van der Waals surface area (Å²) >= 11 is 0. The van der Waals surface area contributed by atoms with Crippen molar-refractivity contribution in [1.82, 2.24) is 15.3 Å². The first-order valence-corrected chi connectivity index (χ1v) is 5.80. The predicted molar refractivity (Wildman–Crippen MR) is 65.9 cm³/mol. The fourth-order valence-electron chi connectivity index (χ4n) is 1.34. The molecule has 3 N–H and O–H groups in total. The Hall–Kier alpha value is -2.38. The molecule has 0 aliphatic rings. The minimum atomic E-state index is -0.758. The van der Waals surface area contributed by atoms with Gasteiger partial charge in [0.2, 0.25) is 0 Å². The molecule has 1 amide bonds. The SMILES string of the molecule is CCOC(=O)CCCNC(=O)c1c[nH]c(=O)[nH]c1=O. The number of hydrogen-bond donors (Lipinski definition) is 3. The van der Waals surface area contributed by atoms with Crippen LogP contribution in [0, 0.1) is 0 Å². The molecule has 0 atom stereocenters. The molecular weight excluding hydrogens is 254 g/mol. The van der Waals surface area contributed by atoms with Crippen LogP contribution in [0.4, 0.5) is 0 Å². The third-order valence-electron chi connectivity index (χ3n) is 2.21. The van der Waals surface area contributed by atoms with Gasteiger partial charge >= 0.3 is 11.7 Å². The molecule has 1 heterocycles. The molecule has 0 radical (unpaired) electrons. The average molecular weight is 269 g/mol. The third-order valence-corrected chi connectivity index (χ3v) is 2.21. The maximum atomic E-state index is 11.6. The Morgan fingerprint density at radius 1 is 1.37 bits per heavy atom. The zero-order valence-electron chi connectivity index (χ0n) is 10.4. The second kappa shape index (κ2) is 7.14. The van der Waals surface area contributed by atoms with Gasteiger partial charge in [0.15, 0.2) is 0 Å². The Bertz CT molecular complexity index is 560. The van der Waals surface area contributed by atoms with Gasteiger partial charge < -0.3 is 15.0 Å². The Morgan fingerprint density at radius 2 is 2.11 bits per heavy atom. The topological polar surface area (TPSA) is 121 Å². The number of hydrogen-bond acceptors (Lipinski definition) is 5. The zero-order valence-corrected chi connectivity index (χ0v) is 10.4. The molecule has 104 valence electrons. The van der Waals surface area contributed by atoms with Gasteiger partial charge in [0.05, 0.1) is 6.61 Å². The molecule has 0 aliphatic heterocycles. The monoisotopic (exact) mass is 269 g/mol. The molecule has 0 saturated carbocycles. The van der Waals surface area contributed by atoms with Crippen LogP contribution in [0.25, 0.3) is 0 Å². The van der Waals surface area contributed by atoms with Crippen molar-refractivity contribution in [2.75, 3.05) is 13.2 Å². The smallest absolute Gasteiger partial charge is 0.325 e. The summed E-state index contributed by atoms with van der Waals surface area (Å²) in [6, 6.07) is 0. The molecule has 8 heteroatoms. The van der Waals surface area contributed by atoms with E-state index in [9.17, 15) is 19.2 Å². The summed E-state index contributed by atoms with van der Waals surface area (Å²) in [7, 11) is 0. The predicted octanol–water partition coefficient (Wildman–Crippen LogP) is -0.864. The Labute approximate surface area is 108 Å². The number of nitrogens with one attached hydrogen (secondary N) is 3. The summed E-state index contributed by atoms with van der Waals surface area (Å²) in [6.45, 7) is 2.26. The average Bonchev–Trinajstić information content (AvgIpc) is 2.34. The van der Waals surface area contributed by atoms with Crippen LogP contribution in [0.2, 0.25) is 0 Å². The molecule has 0 saturated heterocycles. The summed E-state index contributed by atoms with van der Waals surface area (Å²) in [6.07, 6.45) is 1.64. The molecule has 1 rings (SSSR count). The zero-order chi connectivity index (χ0) is 14.3. The number of ether oxygens (including phenoxy) is 1. The van der Waals surface area contributed by atoms with E-state index in [1.165, 1.54) is 0 Å². The Balaban J connectivity index is 2.42. The van der Waals surface area contributed by atoms with Crippen molar-refractivity contribution in [2.45, 2.75) is 19.8 Å². The molecule has 0 aromatic carbocycles. The van der Waals surface area contributed by atoms with Gasteiger partial charge in [-0.25, -0.2) is 4.79 Å². The molecule has 19 heavy (non-hydrogen) atoms. The number of aromatic amines is 2. The molecule has 0 spiro atoms. The van der Waals surface area contributed by atoms with Crippen LogP contribution in [-0.2, 0) is 9.53 Å². The third kappa shape index (κ3) is 4.78. The fraction of sp³-hybridized carbons (Fsp3) is 0.455. The van der Waals surface area contributed by atoms with E-state index >= 15 is 0 Å². The number of H-pyrrole nitrogens is 2. The lowest BCUT2D eigenvalue weighted by Gasteiger charge is -2.04. The molecule has 1 aromatic heterocycles. The lowest BCUT2D eigenvalue weighted by Crippen LogP contribution is -2.34. The highest BCUT2D eigenvalue weighted by atomic mass is 16.5. The van der Waals surface area contributed by atoms with E-state index in [1.807, 2.05) is 4.98 Å². The van der Waals surface area contributed by atoms with Crippen LogP contribution in [0.1, 0.15) is 30.1 Å². The summed E-state index contributed by atoms with van der Waals surface area (Å²) in [4.78, 5) is 48.8. The van der Waals surface area contributed by atoms with Crippen LogP contribution in [0.3, 0.4) is 0 Å². The van der Waals surface area contributed by atoms with Gasteiger partial charge in [0.1, 0.15) is 5.56 Å². The normalized spacial score (nSPS) is 9.95. The van der Waals surface area contributed by atoms with Gasteiger partial charge in [-0.2, -0.15) is 0 Å². The minimum absolute atomic E-state index is 0.185. The summed E-state index contributed by atoms with van der Waals surface area (Å²) in [5.41, 5.74) is -1.62. The van der Waals surface area contributed by atoms with E-state index in [2.05, 4.69) is 10.3 Å². The van der Waals surface area contributed by atoms with E-state index in [1.54, 1.807) is 6.92 Å². The van der Waals surface area contributed by atoms with Crippen LogP contribution in [0.5, 0.6) is 0 Å². The highest BCUT2D eigenvalue weighted by molar-refractivity contribution is 5.93. The van der Waals surface area contributed by atoms with E-state index in [0.29, 0.717) is 13.0 Å². The van der Waals surface area contributed by atoms with E-state index in [4.69, 9.17) is 4.74 Å². The highest BCUT2D eigenvalue weighted by Gasteiger charge is 2.10. The quantitative estimate of drug-likeness (QED) is 0.458. The second-order valence-electron chi connectivity index (χ2n) is 3.65. The number of esters is 1. The number of aromatic nitrogens is 2. The van der Waals surface area contributed by atoms with Crippen LogP contribution in [0.15, 0.2) is 15.8 Å². The summed E-state index contributed by atoms with van der Waals surface area (Å²) in [5.74, 6) is -0.944. The van der Waals surface area contributed by atoms with Crippen molar-refractivity contribution in [1.29, 1.82) is 0 Å². The van der Waals surface area contributed by atoms with Crippen molar-refractivity contribution >= 4 is 11.9 Å². The molecule has 1 aromatic rings. The van der Waals surface area contributed by atoms with Gasteiger partial charge in [-0.05, 0) is 13.3 Å². The van der Waals surface area contributed by atoms with Gasteiger partial charge in [0.25, 0.3) is 11.5 Å². The van der Waals surface area contributed by atoms with Crippen molar-refractivity contribution in [3.05, 3.63) is 32.6 Å². The van der Waals surface area contributed by atoms with Crippen LogP contribution in [-0.4, -0.2) is 35.0 Å². The lowest BCUT2D eigenvalue weighted by atomic mass is 10.3. The van der Waals surface area contributed by atoms with Gasteiger partial charge in [-0.15, -0.1) is 0 Å². The van der Waals surface area contributed by atoms with Gasteiger partial charge in [-0.3, -0.25) is 19.4 Å². The number of carbonyl (C=O) groups is 2. The van der Waals surface area contributed by atoms with Crippen LogP contribution >= 0.6 is 0 Å².